The molecule has 27 heavy (non-hydrogen) atoms. The summed E-state index contributed by atoms with van der Waals surface area (Å²) in [5.74, 6) is -0.626. The summed E-state index contributed by atoms with van der Waals surface area (Å²) in [5, 5.41) is 12.8. The van der Waals surface area contributed by atoms with E-state index in [2.05, 4.69) is 10.3 Å². The number of aryl methyl sites for hydroxylation is 1. The smallest absolute Gasteiger partial charge is 0.356 e. The van der Waals surface area contributed by atoms with E-state index in [-0.39, 0.29) is 18.2 Å². The van der Waals surface area contributed by atoms with E-state index in [1.54, 1.807) is 0 Å². The van der Waals surface area contributed by atoms with Gasteiger partial charge in [-0.05, 0) is 18.6 Å². The van der Waals surface area contributed by atoms with Crippen LogP contribution in [0.2, 0.25) is 0 Å². The predicted octanol–water partition coefficient (Wildman–Crippen LogP) is -2.02. The largest absolute Gasteiger partial charge is 0.464 e. The molecule has 0 radical (unpaired) electrons. The third-order valence-corrected chi connectivity index (χ3v) is 5.23. The normalized spacial score (nSPS) is 19.8. The molecule has 1 amide bonds. The van der Waals surface area contributed by atoms with Crippen LogP contribution in [0.25, 0.3) is 10.9 Å². The first kappa shape index (κ1) is 19.3. The van der Waals surface area contributed by atoms with E-state index in [0.717, 1.165) is 49.2 Å². The number of rotatable bonds is 6. The molecule has 1 fully saturated rings. The van der Waals surface area contributed by atoms with Crippen molar-refractivity contribution in [3.05, 3.63) is 29.5 Å². The maximum atomic E-state index is 12.7. The number of nitrogens with one attached hydrogen (secondary N) is 4. The molecule has 2 aromatic rings. The molecular formula is C19H28N4O4+2. The Morgan fingerprint density at radius 2 is 1.93 bits per heavy atom. The van der Waals surface area contributed by atoms with Crippen LogP contribution in [-0.4, -0.2) is 75.0 Å². The van der Waals surface area contributed by atoms with Crippen molar-refractivity contribution in [2.75, 3.05) is 58.3 Å². The molecule has 8 nitrogen and oxygen atoms in total. The lowest BCUT2D eigenvalue weighted by molar-refractivity contribution is -1.01. The highest BCUT2D eigenvalue weighted by Crippen LogP contribution is 2.30. The van der Waals surface area contributed by atoms with E-state index in [0.29, 0.717) is 12.2 Å². The summed E-state index contributed by atoms with van der Waals surface area (Å²) in [5.41, 5.74) is 2.52. The minimum atomic E-state index is -0.505. The van der Waals surface area contributed by atoms with Gasteiger partial charge in [0.05, 0.1) is 19.4 Å². The molecule has 0 atom stereocenters. The van der Waals surface area contributed by atoms with Crippen LogP contribution >= 0.6 is 0 Å². The molecule has 1 saturated heterocycles. The zero-order valence-electron chi connectivity index (χ0n) is 15.9. The maximum absolute atomic E-state index is 12.7. The van der Waals surface area contributed by atoms with Crippen molar-refractivity contribution in [1.29, 1.82) is 0 Å². The number of benzene rings is 1. The van der Waals surface area contributed by atoms with Gasteiger partial charge in [-0.15, -0.1) is 0 Å². The van der Waals surface area contributed by atoms with Gasteiger partial charge in [0, 0.05) is 10.9 Å². The van der Waals surface area contributed by atoms with Crippen molar-refractivity contribution in [2.45, 2.75) is 6.92 Å². The first-order valence-electron chi connectivity index (χ1n) is 9.31. The Morgan fingerprint density at radius 1 is 1.22 bits per heavy atom. The molecule has 5 N–H and O–H groups in total. The maximum Gasteiger partial charge on any atom is 0.356 e. The third-order valence-electron chi connectivity index (χ3n) is 5.23. The van der Waals surface area contributed by atoms with Crippen LogP contribution < -0.4 is 15.1 Å². The van der Waals surface area contributed by atoms with Crippen LogP contribution in [0.4, 0.5) is 5.69 Å². The average Bonchev–Trinajstić information content (AvgIpc) is 3.02. The van der Waals surface area contributed by atoms with Crippen LogP contribution in [0.3, 0.4) is 0 Å². The molecule has 2 heterocycles. The number of anilines is 1. The zero-order chi connectivity index (χ0) is 19.4. The van der Waals surface area contributed by atoms with Crippen LogP contribution in [0.1, 0.15) is 16.1 Å². The van der Waals surface area contributed by atoms with E-state index < -0.39 is 5.97 Å². The number of hydrogen-bond donors (Lipinski definition) is 5. The van der Waals surface area contributed by atoms with Crippen molar-refractivity contribution in [3.63, 3.8) is 0 Å². The monoisotopic (exact) mass is 376 g/mol. The van der Waals surface area contributed by atoms with Gasteiger partial charge in [0.1, 0.15) is 38.4 Å². The number of carbonyl (C=O) groups is 2. The van der Waals surface area contributed by atoms with Gasteiger partial charge >= 0.3 is 5.97 Å². The molecule has 1 aromatic carbocycles. The molecule has 3 rings (SSSR count). The Bertz CT molecular complexity index is 824. The summed E-state index contributed by atoms with van der Waals surface area (Å²) in [4.78, 5) is 30.5. The van der Waals surface area contributed by atoms with Gasteiger partial charge in [-0.3, -0.25) is 4.79 Å². The number of esters is 1. The summed E-state index contributed by atoms with van der Waals surface area (Å²) < 4.78 is 4.86. The second-order valence-electron chi connectivity index (χ2n) is 7.06. The Hall–Kier alpha value is -2.42. The van der Waals surface area contributed by atoms with Gasteiger partial charge < -0.3 is 29.9 Å². The summed E-state index contributed by atoms with van der Waals surface area (Å²) in [6.45, 7) is 6.93. The molecule has 1 aliphatic rings. The quantitative estimate of drug-likeness (QED) is 0.376. The Balaban J connectivity index is 1.74. The number of quaternary nitrogens is 2. The number of amides is 1. The lowest BCUT2D eigenvalue weighted by atomic mass is 10.1. The number of methoxy groups -OCH3 is 1. The molecule has 0 bridgehead atoms. The second-order valence-corrected chi connectivity index (χ2v) is 7.06. The van der Waals surface area contributed by atoms with Crippen molar-refractivity contribution in [1.82, 2.24) is 4.98 Å². The minimum absolute atomic E-state index is 0.120. The molecule has 1 aromatic heterocycles. The molecule has 8 heteroatoms. The van der Waals surface area contributed by atoms with Crippen molar-refractivity contribution >= 4 is 28.5 Å². The van der Waals surface area contributed by atoms with E-state index in [1.807, 2.05) is 25.1 Å². The molecular weight excluding hydrogens is 348 g/mol. The second kappa shape index (κ2) is 8.51. The van der Waals surface area contributed by atoms with Crippen LogP contribution in [-0.2, 0) is 9.53 Å². The van der Waals surface area contributed by atoms with Crippen molar-refractivity contribution in [2.24, 2.45) is 0 Å². The van der Waals surface area contributed by atoms with Gasteiger partial charge in [0.2, 0.25) is 0 Å². The lowest BCUT2D eigenvalue weighted by Crippen LogP contribution is -3.28. The number of aromatic amines is 1. The van der Waals surface area contributed by atoms with Gasteiger partial charge in [-0.25, -0.2) is 4.79 Å². The van der Waals surface area contributed by atoms with E-state index in [4.69, 9.17) is 9.84 Å². The topological polar surface area (TPSA) is 100 Å². The highest BCUT2D eigenvalue weighted by molar-refractivity contribution is 6.12. The fourth-order valence-electron chi connectivity index (χ4n) is 3.76. The number of aromatic nitrogens is 1. The molecule has 0 spiro atoms. The number of hydrogen-bond acceptors (Lipinski definition) is 4. The highest BCUT2D eigenvalue weighted by Gasteiger charge is 2.26. The number of carbonyl (C=O) groups excluding carboxylic acids is 2. The molecule has 0 aliphatic carbocycles. The minimum Gasteiger partial charge on any atom is -0.464 e. The zero-order valence-corrected chi connectivity index (χ0v) is 15.9. The van der Waals surface area contributed by atoms with Crippen LogP contribution in [0.5, 0.6) is 0 Å². The number of H-pyrrole nitrogens is 1. The first-order valence-corrected chi connectivity index (χ1v) is 9.31. The molecule has 0 unspecified atom stereocenters. The molecule has 0 saturated carbocycles. The summed E-state index contributed by atoms with van der Waals surface area (Å²) in [6, 6.07) is 5.72. The number of aliphatic hydroxyl groups is 1. The van der Waals surface area contributed by atoms with Crippen LogP contribution in [0.15, 0.2) is 18.2 Å². The molecule has 146 valence electrons. The fraction of sp³-hybridized carbons (Fsp3) is 0.474. The summed E-state index contributed by atoms with van der Waals surface area (Å²) >= 11 is 0. The van der Waals surface area contributed by atoms with Gasteiger partial charge in [-0.1, -0.05) is 12.1 Å². The van der Waals surface area contributed by atoms with Gasteiger partial charge in [-0.2, -0.15) is 0 Å². The van der Waals surface area contributed by atoms with E-state index in [9.17, 15) is 9.59 Å². The van der Waals surface area contributed by atoms with E-state index >= 15 is 0 Å². The fourth-order valence-corrected chi connectivity index (χ4v) is 3.76. The Labute approximate surface area is 158 Å². The Kier molecular flexibility index (Phi) is 6.10. The van der Waals surface area contributed by atoms with E-state index in [1.165, 1.54) is 16.9 Å². The number of piperazine rings is 1. The summed E-state index contributed by atoms with van der Waals surface area (Å²) in [6.07, 6.45) is 0. The highest BCUT2D eigenvalue weighted by atomic mass is 16.5. The number of aliphatic hydroxyl groups excluding tert-OH is 1. The first-order chi connectivity index (χ1) is 13.0. The standard InChI is InChI=1S/C19H26N4O4/c1-13-4-3-5-14-16(13)17(18(20-14)19(26)27-2)21-15(25)12-23-8-6-22(7-9-23)10-11-24/h3-5,20,24H,6-12H2,1-2H3,(H,21,25)/p+2. The average molecular weight is 376 g/mol. The Morgan fingerprint density at radius 3 is 2.59 bits per heavy atom. The van der Waals surface area contributed by atoms with Crippen molar-refractivity contribution in [3.8, 4) is 0 Å². The van der Waals surface area contributed by atoms with Gasteiger partial charge in [0.25, 0.3) is 5.91 Å². The third kappa shape index (κ3) is 4.29. The lowest BCUT2D eigenvalue weighted by Gasteiger charge is -2.28. The SMILES string of the molecule is COC(=O)c1[nH]c2cccc(C)c2c1NC(=O)C[NH+]1CC[NH+](CCO)CC1. The summed E-state index contributed by atoms with van der Waals surface area (Å²) in [7, 11) is 1.32. The van der Waals surface area contributed by atoms with Crippen molar-refractivity contribution < 1.29 is 29.2 Å². The van der Waals surface area contributed by atoms with Gasteiger partial charge in [0.15, 0.2) is 6.54 Å². The van der Waals surface area contributed by atoms with Crippen LogP contribution in [0, 0.1) is 6.92 Å². The number of ether oxygens (including phenoxy) is 1. The number of fused-ring (bicyclic) bond motifs is 1. The molecule has 1 aliphatic heterocycles. The predicted molar refractivity (Wildman–Crippen MR) is 101 cm³/mol.